The summed E-state index contributed by atoms with van der Waals surface area (Å²) < 4.78 is 6.32. The Labute approximate surface area is 171 Å². The summed E-state index contributed by atoms with van der Waals surface area (Å²) in [5.74, 6) is 2.54. The van der Waals surface area contributed by atoms with Gasteiger partial charge < -0.3 is 9.64 Å². The molecule has 0 N–H and O–H groups in total. The molecule has 4 rings (SSSR count). The van der Waals surface area contributed by atoms with Crippen LogP contribution < -0.4 is 4.74 Å². The first-order valence-electron chi connectivity index (χ1n) is 11.0. The van der Waals surface area contributed by atoms with Gasteiger partial charge in [-0.25, -0.2) is 0 Å². The molecule has 2 atom stereocenters. The molecular formula is C26H37NO. The van der Waals surface area contributed by atoms with Crippen LogP contribution in [0.5, 0.6) is 5.75 Å². The highest BCUT2D eigenvalue weighted by Gasteiger charge is 2.30. The van der Waals surface area contributed by atoms with Crippen LogP contribution in [0.3, 0.4) is 0 Å². The average molecular weight is 380 g/mol. The van der Waals surface area contributed by atoms with E-state index in [1.165, 1.54) is 48.8 Å². The van der Waals surface area contributed by atoms with Crippen LogP contribution in [0.1, 0.15) is 68.7 Å². The molecule has 0 radical (unpaired) electrons. The van der Waals surface area contributed by atoms with Crippen LogP contribution in [-0.4, -0.2) is 19.0 Å². The zero-order chi connectivity index (χ0) is 19.9. The third-order valence-corrected chi connectivity index (χ3v) is 5.97. The lowest BCUT2D eigenvalue weighted by Gasteiger charge is -2.20. The summed E-state index contributed by atoms with van der Waals surface area (Å²) in [6, 6.07) is 17.1. The van der Waals surface area contributed by atoms with Crippen LogP contribution in [-0.2, 0) is 13.0 Å². The molecule has 1 fully saturated rings. The van der Waals surface area contributed by atoms with Crippen LogP contribution >= 0.6 is 0 Å². The van der Waals surface area contributed by atoms with E-state index in [4.69, 9.17) is 4.74 Å². The minimum absolute atomic E-state index is 0.177. The van der Waals surface area contributed by atoms with Crippen molar-refractivity contribution in [1.82, 2.24) is 4.90 Å². The van der Waals surface area contributed by atoms with Crippen molar-refractivity contribution < 1.29 is 4.74 Å². The van der Waals surface area contributed by atoms with E-state index in [9.17, 15) is 0 Å². The predicted molar refractivity (Wildman–Crippen MR) is 119 cm³/mol. The standard InChI is InChI=1S/C19H23NO.C7H14/c1-14-11-16-8-4-5-10-18(16)19(14)21-17-9-6-7-15(12-17)13-20(2)3;1-7-5-3-2-4-6-7/h4-10,12,14,19H,11,13H2,1-3H3;7H,2-6H2,1H3/t14-,19?;/m1./s1. The summed E-state index contributed by atoms with van der Waals surface area (Å²) in [5, 5.41) is 0. The maximum absolute atomic E-state index is 6.32. The third-order valence-electron chi connectivity index (χ3n) is 5.97. The van der Waals surface area contributed by atoms with Gasteiger partial charge in [0.2, 0.25) is 0 Å². The number of nitrogens with zero attached hydrogens (tertiary/aromatic N) is 1. The Morgan fingerprint density at radius 2 is 1.68 bits per heavy atom. The zero-order valence-electron chi connectivity index (χ0n) is 18.2. The molecule has 2 aromatic rings. The quantitative estimate of drug-likeness (QED) is 0.590. The molecule has 1 saturated carbocycles. The van der Waals surface area contributed by atoms with Gasteiger partial charge in [0.15, 0.2) is 0 Å². The lowest BCUT2D eigenvalue weighted by molar-refractivity contribution is 0.159. The lowest BCUT2D eigenvalue weighted by atomic mass is 9.91. The Bertz CT molecular complexity index is 733. The molecule has 2 aliphatic rings. The topological polar surface area (TPSA) is 12.5 Å². The van der Waals surface area contributed by atoms with E-state index in [0.29, 0.717) is 5.92 Å². The average Bonchev–Trinajstić information content (AvgIpc) is 2.98. The Hall–Kier alpha value is -1.80. The first-order valence-corrected chi connectivity index (χ1v) is 11.0. The highest BCUT2D eigenvalue weighted by molar-refractivity contribution is 5.36. The minimum Gasteiger partial charge on any atom is -0.485 e. The van der Waals surface area contributed by atoms with Crippen molar-refractivity contribution in [3.63, 3.8) is 0 Å². The molecule has 0 saturated heterocycles. The summed E-state index contributed by atoms with van der Waals surface area (Å²) >= 11 is 0. The number of ether oxygens (including phenoxy) is 1. The van der Waals surface area contributed by atoms with Gasteiger partial charge in [0.1, 0.15) is 11.9 Å². The maximum Gasteiger partial charge on any atom is 0.127 e. The highest BCUT2D eigenvalue weighted by Crippen LogP contribution is 2.39. The Kier molecular flexibility index (Phi) is 7.56. The van der Waals surface area contributed by atoms with Crippen molar-refractivity contribution in [3.8, 4) is 5.75 Å². The largest absolute Gasteiger partial charge is 0.485 e. The minimum atomic E-state index is 0.177. The lowest BCUT2D eigenvalue weighted by Crippen LogP contribution is -2.13. The van der Waals surface area contributed by atoms with E-state index < -0.39 is 0 Å². The second kappa shape index (κ2) is 10.1. The first-order chi connectivity index (χ1) is 13.5. The molecule has 28 heavy (non-hydrogen) atoms. The molecule has 152 valence electrons. The smallest absolute Gasteiger partial charge is 0.127 e. The highest BCUT2D eigenvalue weighted by atomic mass is 16.5. The Balaban J connectivity index is 0.000000271. The monoisotopic (exact) mass is 379 g/mol. The van der Waals surface area contributed by atoms with Crippen LogP contribution in [0, 0.1) is 11.8 Å². The summed E-state index contributed by atoms with van der Waals surface area (Å²) in [7, 11) is 4.17. The number of benzene rings is 2. The molecule has 0 heterocycles. The predicted octanol–water partition coefficient (Wildman–Crippen LogP) is 6.65. The molecule has 2 aliphatic carbocycles. The van der Waals surface area contributed by atoms with Crippen molar-refractivity contribution in [1.29, 1.82) is 0 Å². The number of rotatable bonds is 4. The van der Waals surface area contributed by atoms with Gasteiger partial charge in [-0.3, -0.25) is 0 Å². The Morgan fingerprint density at radius 1 is 0.929 bits per heavy atom. The van der Waals surface area contributed by atoms with Crippen LogP contribution in [0.2, 0.25) is 0 Å². The second-order valence-electron chi connectivity index (χ2n) is 9.05. The normalized spacial score (nSPS) is 21.8. The molecule has 1 unspecified atom stereocenters. The van der Waals surface area contributed by atoms with E-state index in [-0.39, 0.29) is 6.10 Å². The van der Waals surface area contributed by atoms with Crippen molar-refractivity contribution in [2.75, 3.05) is 14.1 Å². The molecule has 0 amide bonds. The molecule has 0 bridgehead atoms. The van der Waals surface area contributed by atoms with Crippen LogP contribution in [0.4, 0.5) is 0 Å². The molecule has 2 heteroatoms. The van der Waals surface area contributed by atoms with Gasteiger partial charge in [-0.05, 0) is 55.3 Å². The Morgan fingerprint density at radius 3 is 2.36 bits per heavy atom. The van der Waals surface area contributed by atoms with E-state index in [2.05, 4.69) is 81.4 Å². The fraction of sp³-hybridized carbons (Fsp3) is 0.538. The third kappa shape index (κ3) is 5.85. The molecule has 2 aromatic carbocycles. The van der Waals surface area contributed by atoms with Gasteiger partial charge in [0.05, 0.1) is 0 Å². The number of hydrogen-bond acceptors (Lipinski definition) is 2. The number of hydrogen-bond donors (Lipinski definition) is 0. The van der Waals surface area contributed by atoms with Gasteiger partial charge in [-0.2, -0.15) is 0 Å². The van der Waals surface area contributed by atoms with Gasteiger partial charge in [0.25, 0.3) is 0 Å². The maximum atomic E-state index is 6.32. The van der Waals surface area contributed by atoms with Crippen LogP contribution in [0.25, 0.3) is 0 Å². The number of fused-ring (bicyclic) bond motifs is 1. The van der Waals surface area contributed by atoms with Crippen molar-refractivity contribution in [2.24, 2.45) is 11.8 Å². The summed E-state index contributed by atoms with van der Waals surface area (Å²) in [5.41, 5.74) is 4.07. The fourth-order valence-corrected chi connectivity index (χ4v) is 4.47. The molecular weight excluding hydrogens is 342 g/mol. The van der Waals surface area contributed by atoms with Crippen molar-refractivity contribution >= 4 is 0 Å². The van der Waals surface area contributed by atoms with E-state index >= 15 is 0 Å². The molecule has 0 aliphatic heterocycles. The van der Waals surface area contributed by atoms with Crippen molar-refractivity contribution in [2.45, 2.75) is 65.0 Å². The SMILES string of the molecule is CC1CCCCC1.C[C@@H]1Cc2ccccc2C1Oc1cccc(CN(C)C)c1. The summed E-state index contributed by atoms with van der Waals surface area (Å²) in [6.07, 6.45) is 8.72. The zero-order valence-corrected chi connectivity index (χ0v) is 18.2. The summed E-state index contributed by atoms with van der Waals surface area (Å²) in [6.45, 7) is 5.57. The van der Waals surface area contributed by atoms with Gasteiger partial charge in [-0.15, -0.1) is 0 Å². The first kappa shape index (κ1) is 20.9. The van der Waals surface area contributed by atoms with Gasteiger partial charge in [-0.1, -0.05) is 82.3 Å². The van der Waals surface area contributed by atoms with Gasteiger partial charge in [0, 0.05) is 12.5 Å². The van der Waals surface area contributed by atoms with E-state index in [1.807, 2.05) is 0 Å². The molecule has 0 spiro atoms. The van der Waals surface area contributed by atoms with E-state index in [0.717, 1.165) is 24.6 Å². The van der Waals surface area contributed by atoms with Crippen LogP contribution in [0.15, 0.2) is 48.5 Å². The second-order valence-corrected chi connectivity index (χ2v) is 9.05. The fourth-order valence-electron chi connectivity index (χ4n) is 4.47. The molecule has 2 nitrogen and oxygen atoms in total. The van der Waals surface area contributed by atoms with Gasteiger partial charge >= 0.3 is 0 Å². The van der Waals surface area contributed by atoms with E-state index in [1.54, 1.807) is 0 Å². The summed E-state index contributed by atoms with van der Waals surface area (Å²) in [4.78, 5) is 2.17. The molecule has 0 aromatic heterocycles. The van der Waals surface area contributed by atoms with Crippen molar-refractivity contribution in [3.05, 3.63) is 65.2 Å².